The van der Waals surface area contributed by atoms with Crippen LogP contribution in [0, 0.1) is 0 Å². The zero-order chi connectivity index (χ0) is 15.2. The van der Waals surface area contributed by atoms with E-state index in [4.69, 9.17) is 0 Å². The Hall–Kier alpha value is -1.23. The van der Waals surface area contributed by atoms with Crippen molar-refractivity contribution in [3.63, 3.8) is 0 Å². The van der Waals surface area contributed by atoms with Gasteiger partial charge in [0.25, 0.3) is 0 Å². The fourth-order valence-corrected chi connectivity index (χ4v) is 4.02. The number of hydrogen-bond acceptors (Lipinski definition) is 4. The summed E-state index contributed by atoms with van der Waals surface area (Å²) < 4.78 is 0. The largest absolute Gasteiger partial charge is 0.299 e. The zero-order valence-electron chi connectivity index (χ0n) is 13.3. The number of nitrogens with zero attached hydrogens (tertiary/aromatic N) is 3. The molecule has 1 saturated heterocycles. The van der Waals surface area contributed by atoms with Gasteiger partial charge in [0.05, 0.1) is 5.69 Å². The molecule has 1 atom stereocenters. The molecule has 0 spiro atoms. The maximum atomic E-state index is 4.51. The van der Waals surface area contributed by atoms with Gasteiger partial charge in [-0.1, -0.05) is 13.0 Å². The molecule has 1 fully saturated rings. The number of pyridine rings is 1. The molecule has 3 nitrogen and oxygen atoms in total. The van der Waals surface area contributed by atoms with E-state index in [2.05, 4.69) is 50.7 Å². The molecule has 2 aromatic rings. The summed E-state index contributed by atoms with van der Waals surface area (Å²) in [4.78, 5) is 9.69. The molecular formula is C18H25N3S. The summed E-state index contributed by atoms with van der Waals surface area (Å²) in [5.74, 6) is 0. The van der Waals surface area contributed by atoms with Crippen molar-refractivity contribution in [1.82, 2.24) is 14.8 Å². The molecule has 0 bridgehead atoms. The topological polar surface area (TPSA) is 19.4 Å². The van der Waals surface area contributed by atoms with Crippen molar-refractivity contribution < 1.29 is 0 Å². The van der Waals surface area contributed by atoms with Crippen molar-refractivity contribution >= 4 is 11.3 Å². The van der Waals surface area contributed by atoms with Crippen LogP contribution in [0.1, 0.15) is 31.0 Å². The highest BCUT2D eigenvalue weighted by atomic mass is 32.1. The van der Waals surface area contributed by atoms with Gasteiger partial charge in [0.15, 0.2) is 0 Å². The van der Waals surface area contributed by atoms with Crippen LogP contribution in [0.15, 0.2) is 41.2 Å². The van der Waals surface area contributed by atoms with E-state index >= 15 is 0 Å². The maximum absolute atomic E-state index is 4.51. The van der Waals surface area contributed by atoms with Gasteiger partial charge in [0.1, 0.15) is 0 Å². The summed E-state index contributed by atoms with van der Waals surface area (Å²) >= 11 is 1.78. The van der Waals surface area contributed by atoms with Crippen LogP contribution in [0.3, 0.4) is 0 Å². The van der Waals surface area contributed by atoms with Crippen molar-refractivity contribution in [1.29, 1.82) is 0 Å². The molecule has 4 heteroatoms. The maximum Gasteiger partial charge on any atom is 0.0544 e. The van der Waals surface area contributed by atoms with E-state index in [1.54, 1.807) is 11.3 Å². The van der Waals surface area contributed by atoms with E-state index in [0.29, 0.717) is 6.04 Å². The van der Waals surface area contributed by atoms with Crippen LogP contribution >= 0.6 is 11.3 Å². The minimum Gasteiger partial charge on any atom is -0.299 e. The van der Waals surface area contributed by atoms with Crippen molar-refractivity contribution in [2.45, 2.75) is 38.9 Å². The molecule has 0 amide bonds. The standard InChI is InChI=1S/C18H25N3S/c1-2-21-10-5-7-18(21)14-20(12-16-8-11-22-15-16)13-17-6-3-4-9-19-17/h3-4,6,8-9,11,15,18H,2,5,7,10,12-14H2,1H3. The Kier molecular flexibility index (Phi) is 5.59. The number of likely N-dealkylation sites (N-methyl/N-ethyl adjacent to an activating group) is 1. The molecule has 0 radical (unpaired) electrons. The van der Waals surface area contributed by atoms with Gasteiger partial charge in [-0.05, 0) is 60.5 Å². The lowest BCUT2D eigenvalue weighted by molar-refractivity contribution is 0.165. The fourth-order valence-electron chi connectivity index (χ4n) is 3.36. The van der Waals surface area contributed by atoms with E-state index < -0.39 is 0 Å². The second-order valence-electron chi connectivity index (χ2n) is 6.05. The van der Waals surface area contributed by atoms with E-state index in [1.807, 2.05) is 12.3 Å². The van der Waals surface area contributed by atoms with Crippen molar-refractivity contribution in [3.8, 4) is 0 Å². The summed E-state index contributed by atoms with van der Waals surface area (Å²) in [6.45, 7) is 7.80. The minimum absolute atomic E-state index is 0.701. The lowest BCUT2D eigenvalue weighted by Gasteiger charge is -2.30. The van der Waals surface area contributed by atoms with Gasteiger partial charge in [-0.25, -0.2) is 0 Å². The first kappa shape index (κ1) is 15.7. The van der Waals surface area contributed by atoms with Gasteiger partial charge < -0.3 is 0 Å². The van der Waals surface area contributed by atoms with Crippen LogP contribution < -0.4 is 0 Å². The average Bonchev–Trinajstić information content (AvgIpc) is 3.20. The molecule has 0 aliphatic carbocycles. The molecular weight excluding hydrogens is 290 g/mol. The Morgan fingerprint density at radius 1 is 1.32 bits per heavy atom. The molecule has 118 valence electrons. The predicted octanol–water partition coefficient (Wildman–Crippen LogP) is 3.63. The summed E-state index contributed by atoms with van der Waals surface area (Å²) in [5.41, 5.74) is 2.58. The van der Waals surface area contributed by atoms with Crippen LogP contribution in [-0.4, -0.2) is 40.5 Å². The first-order valence-corrected chi connectivity index (χ1v) is 9.17. The Labute approximate surface area is 137 Å². The highest BCUT2D eigenvalue weighted by molar-refractivity contribution is 7.07. The highest BCUT2D eigenvalue weighted by Crippen LogP contribution is 2.20. The van der Waals surface area contributed by atoms with E-state index in [0.717, 1.165) is 19.6 Å². The normalized spacial score (nSPS) is 19.1. The smallest absolute Gasteiger partial charge is 0.0544 e. The van der Waals surface area contributed by atoms with Crippen LogP contribution in [0.5, 0.6) is 0 Å². The van der Waals surface area contributed by atoms with Gasteiger partial charge in [-0.3, -0.25) is 14.8 Å². The summed E-state index contributed by atoms with van der Waals surface area (Å²) in [6, 6.07) is 9.14. The molecule has 3 rings (SSSR count). The molecule has 0 aromatic carbocycles. The van der Waals surface area contributed by atoms with Gasteiger partial charge in [-0.2, -0.15) is 11.3 Å². The molecule has 1 aliphatic heterocycles. The monoisotopic (exact) mass is 315 g/mol. The van der Waals surface area contributed by atoms with Crippen molar-refractivity contribution in [2.75, 3.05) is 19.6 Å². The minimum atomic E-state index is 0.701. The molecule has 2 aromatic heterocycles. The van der Waals surface area contributed by atoms with Crippen LogP contribution in [0.2, 0.25) is 0 Å². The van der Waals surface area contributed by atoms with Crippen molar-refractivity contribution in [2.24, 2.45) is 0 Å². The zero-order valence-corrected chi connectivity index (χ0v) is 14.1. The lowest BCUT2D eigenvalue weighted by Crippen LogP contribution is -2.39. The van der Waals surface area contributed by atoms with Crippen LogP contribution in [0.25, 0.3) is 0 Å². The van der Waals surface area contributed by atoms with Crippen LogP contribution in [0.4, 0.5) is 0 Å². The lowest BCUT2D eigenvalue weighted by atomic mass is 10.2. The number of hydrogen-bond donors (Lipinski definition) is 0. The SMILES string of the molecule is CCN1CCCC1CN(Cc1ccsc1)Cc1ccccn1. The number of rotatable bonds is 7. The molecule has 1 unspecified atom stereocenters. The van der Waals surface area contributed by atoms with Gasteiger partial charge >= 0.3 is 0 Å². The second kappa shape index (κ2) is 7.86. The Morgan fingerprint density at radius 2 is 2.27 bits per heavy atom. The van der Waals surface area contributed by atoms with Crippen LogP contribution in [-0.2, 0) is 13.1 Å². The summed E-state index contributed by atoms with van der Waals surface area (Å²) in [7, 11) is 0. The molecule has 0 saturated carbocycles. The van der Waals surface area contributed by atoms with Crippen molar-refractivity contribution in [3.05, 3.63) is 52.5 Å². The molecule has 0 N–H and O–H groups in total. The van der Waals surface area contributed by atoms with E-state index in [-0.39, 0.29) is 0 Å². The Morgan fingerprint density at radius 3 is 3.00 bits per heavy atom. The summed E-state index contributed by atoms with van der Waals surface area (Å²) in [5, 5.41) is 4.43. The third-order valence-corrected chi connectivity index (χ3v) is 5.20. The number of thiophene rings is 1. The molecule has 1 aliphatic rings. The third-order valence-electron chi connectivity index (χ3n) is 4.47. The van der Waals surface area contributed by atoms with Gasteiger partial charge in [0.2, 0.25) is 0 Å². The fraction of sp³-hybridized carbons (Fsp3) is 0.500. The quantitative estimate of drug-likeness (QED) is 0.778. The second-order valence-corrected chi connectivity index (χ2v) is 6.83. The molecule has 3 heterocycles. The first-order valence-electron chi connectivity index (χ1n) is 8.22. The van der Waals surface area contributed by atoms with Gasteiger partial charge in [-0.15, -0.1) is 0 Å². The first-order chi connectivity index (χ1) is 10.8. The van der Waals surface area contributed by atoms with Gasteiger partial charge in [0, 0.05) is 31.9 Å². The molecule has 22 heavy (non-hydrogen) atoms. The van der Waals surface area contributed by atoms with E-state index in [1.165, 1.54) is 37.2 Å². The average molecular weight is 315 g/mol. The summed E-state index contributed by atoms with van der Waals surface area (Å²) in [6.07, 6.45) is 4.57. The highest BCUT2D eigenvalue weighted by Gasteiger charge is 2.25. The third kappa shape index (κ3) is 4.15. The Balaban J connectivity index is 1.68. The van der Waals surface area contributed by atoms with E-state index in [9.17, 15) is 0 Å². The number of aromatic nitrogens is 1. The Bertz CT molecular complexity index is 541. The predicted molar refractivity (Wildman–Crippen MR) is 92.9 cm³/mol. The number of likely N-dealkylation sites (tertiary alicyclic amines) is 1.